The fourth-order valence-electron chi connectivity index (χ4n) is 2.08. The molecular weight excluding hydrogens is 198 g/mol. The summed E-state index contributed by atoms with van der Waals surface area (Å²) in [6, 6.07) is 9.22. The van der Waals surface area contributed by atoms with E-state index in [1.165, 1.54) is 17.7 Å². The Bertz CT molecular complexity index is 375. The molecule has 2 aliphatic rings. The SMILES string of the molecule is S=C1SC[C@@H]2Cc3ccccc3N12. The summed E-state index contributed by atoms with van der Waals surface area (Å²) in [5, 5.41) is 0. The van der Waals surface area contributed by atoms with Gasteiger partial charge in [-0.05, 0) is 18.1 Å². The van der Waals surface area contributed by atoms with E-state index in [0.29, 0.717) is 6.04 Å². The van der Waals surface area contributed by atoms with E-state index < -0.39 is 0 Å². The maximum Gasteiger partial charge on any atom is 0.141 e. The van der Waals surface area contributed by atoms with Gasteiger partial charge in [-0.25, -0.2) is 0 Å². The maximum atomic E-state index is 5.32. The van der Waals surface area contributed by atoms with Crippen molar-refractivity contribution in [2.24, 2.45) is 0 Å². The fraction of sp³-hybridized carbons (Fsp3) is 0.300. The zero-order valence-electron chi connectivity index (χ0n) is 7.06. The third-order valence-electron chi connectivity index (χ3n) is 2.67. The predicted octanol–water partition coefficient (Wildman–Crippen LogP) is 2.45. The van der Waals surface area contributed by atoms with Gasteiger partial charge in [0.25, 0.3) is 0 Å². The molecule has 3 rings (SSSR count). The van der Waals surface area contributed by atoms with E-state index in [9.17, 15) is 0 Å². The van der Waals surface area contributed by atoms with Gasteiger partial charge in [-0.2, -0.15) is 0 Å². The number of thioether (sulfide) groups is 1. The molecule has 0 aromatic heterocycles. The van der Waals surface area contributed by atoms with Gasteiger partial charge in [0.1, 0.15) is 4.32 Å². The number of thiocarbonyl (C=S) groups is 1. The van der Waals surface area contributed by atoms with Crippen LogP contribution in [0.4, 0.5) is 5.69 Å². The number of hydrogen-bond acceptors (Lipinski definition) is 2. The van der Waals surface area contributed by atoms with Crippen LogP contribution < -0.4 is 4.90 Å². The topological polar surface area (TPSA) is 3.24 Å². The molecule has 1 fully saturated rings. The molecule has 0 spiro atoms. The molecule has 0 N–H and O–H groups in total. The summed E-state index contributed by atoms with van der Waals surface area (Å²) in [6.45, 7) is 0. The quantitative estimate of drug-likeness (QED) is 0.602. The van der Waals surface area contributed by atoms with Crippen LogP contribution in [0.1, 0.15) is 5.56 Å². The number of anilines is 1. The first-order valence-electron chi connectivity index (χ1n) is 4.40. The Morgan fingerprint density at radius 1 is 1.38 bits per heavy atom. The minimum Gasteiger partial charge on any atom is -0.323 e. The first-order chi connectivity index (χ1) is 6.36. The maximum absolute atomic E-state index is 5.32. The number of hydrogen-bond donors (Lipinski definition) is 0. The van der Waals surface area contributed by atoms with E-state index >= 15 is 0 Å². The van der Waals surface area contributed by atoms with Crippen LogP contribution in [0, 0.1) is 0 Å². The molecule has 0 aliphatic carbocycles. The summed E-state index contributed by atoms with van der Waals surface area (Å²) >= 11 is 7.13. The molecule has 2 aliphatic heterocycles. The van der Waals surface area contributed by atoms with E-state index in [2.05, 4.69) is 29.2 Å². The normalized spacial score (nSPS) is 24.8. The van der Waals surface area contributed by atoms with Crippen LogP contribution in [0.5, 0.6) is 0 Å². The zero-order valence-corrected chi connectivity index (χ0v) is 8.70. The fourth-order valence-corrected chi connectivity index (χ4v) is 3.52. The number of benzene rings is 1. The Balaban J connectivity index is 2.13. The van der Waals surface area contributed by atoms with Gasteiger partial charge in [0, 0.05) is 17.5 Å². The van der Waals surface area contributed by atoms with Gasteiger partial charge in [-0.1, -0.05) is 42.2 Å². The Kier molecular flexibility index (Phi) is 1.64. The molecule has 0 radical (unpaired) electrons. The number of para-hydroxylation sites is 1. The lowest BCUT2D eigenvalue weighted by Crippen LogP contribution is -2.28. The van der Waals surface area contributed by atoms with Gasteiger partial charge in [0.2, 0.25) is 0 Å². The van der Waals surface area contributed by atoms with E-state index in [-0.39, 0.29) is 0 Å². The summed E-state index contributed by atoms with van der Waals surface area (Å²) in [7, 11) is 0. The molecule has 0 bridgehead atoms. The van der Waals surface area contributed by atoms with Crippen molar-refractivity contribution in [2.75, 3.05) is 10.7 Å². The minimum absolute atomic E-state index is 0.634. The standard InChI is InChI=1S/C10H9NS2/c12-10-11-8(6-13-10)5-7-3-1-2-4-9(7)11/h1-4,8H,5-6H2/t8-/m0/s1. The first-order valence-corrected chi connectivity index (χ1v) is 5.79. The van der Waals surface area contributed by atoms with Gasteiger partial charge in [-0.15, -0.1) is 0 Å². The molecule has 0 saturated carbocycles. The van der Waals surface area contributed by atoms with Crippen LogP contribution in [-0.4, -0.2) is 16.1 Å². The van der Waals surface area contributed by atoms with Gasteiger partial charge in [0.15, 0.2) is 0 Å². The molecule has 1 aromatic carbocycles. The Labute approximate surface area is 87.1 Å². The van der Waals surface area contributed by atoms with Crippen molar-refractivity contribution in [1.29, 1.82) is 0 Å². The van der Waals surface area contributed by atoms with Crippen LogP contribution in [0.25, 0.3) is 0 Å². The van der Waals surface area contributed by atoms with Crippen molar-refractivity contribution in [2.45, 2.75) is 12.5 Å². The Morgan fingerprint density at radius 2 is 2.23 bits per heavy atom. The highest BCUT2D eigenvalue weighted by Gasteiger charge is 2.36. The van der Waals surface area contributed by atoms with Crippen LogP contribution in [0.15, 0.2) is 24.3 Å². The summed E-state index contributed by atoms with van der Waals surface area (Å²) in [5.41, 5.74) is 2.79. The average Bonchev–Trinajstić information content (AvgIpc) is 2.66. The van der Waals surface area contributed by atoms with Crippen molar-refractivity contribution in [3.63, 3.8) is 0 Å². The highest BCUT2D eigenvalue weighted by atomic mass is 32.2. The first kappa shape index (κ1) is 7.83. The largest absolute Gasteiger partial charge is 0.323 e. The third kappa shape index (κ3) is 1.04. The second-order valence-corrected chi connectivity index (χ2v) is 5.09. The van der Waals surface area contributed by atoms with E-state index in [1.54, 1.807) is 0 Å². The summed E-state index contributed by atoms with van der Waals surface area (Å²) in [6.07, 6.45) is 1.17. The monoisotopic (exact) mass is 207 g/mol. The lowest BCUT2D eigenvalue weighted by Gasteiger charge is -2.16. The molecule has 1 aromatic rings. The van der Waals surface area contributed by atoms with Crippen LogP contribution in [-0.2, 0) is 6.42 Å². The van der Waals surface area contributed by atoms with Crippen molar-refractivity contribution in [3.8, 4) is 0 Å². The zero-order chi connectivity index (χ0) is 8.84. The lowest BCUT2D eigenvalue weighted by molar-refractivity contribution is 0.804. The molecule has 0 amide bonds. The summed E-state index contributed by atoms with van der Waals surface area (Å²) in [4.78, 5) is 2.31. The molecule has 2 heterocycles. The second kappa shape index (κ2) is 2.72. The van der Waals surface area contributed by atoms with Crippen molar-refractivity contribution >= 4 is 34.0 Å². The van der Waals surface area contributed by atoms with E-state index in [1.807, 2.05) is 11.8 Å². The van der Waals surface area contributed by atoms with Crippen LogP contribution in [0.2, 0.25) is 0 Å². The predicted molar refractivity (Wildman–Crippen MR) is 61.5 cm³/mol. The number of rotatable bonds is 0. The highest BCUT2D eigenvalue weighted by molar-refractivity contribution is 8.23. The number of nitrogens with zero attached hydrogens (tertiary/aromatic N) is 1. The van der Waals surface area contributed by atoms with Crippen LogP contribution in [0.3, 0.4) is 0 Å². The average molecular weight is 207 g/mol. The summed E-state index contributed by atoms with van der Waals surface area (Å²) < 4.78 is 1.05. The molecule has 66 valence electrons. The Morgan fingerprint density at radius 3 is 3.15 bits per heavy atom. The van der Waals surface area contributed by atoms with Gasteiger partial charge in [-0.3, -0.25) is 0 Å². The van der Waals surface area contributed by atoms with Gasteiger partial charge in [0.05, 0.1) is 0 Å². The third-order valence-corrected chi connectivity index (χ3v) is 4.21. The molecule has 1 atom stereocenters. The smallest absolute Gasteiger partial charge is 0.141 e. The summed E-state index contributed by atoms with van der Waals surface area (Å²) in [5.74, 6) is 1.16. The van der Waals surface area contributed by atoms with Crippen molar-refractivity contribution in [3.05, 3.63) is 29.8 Å². The van der Waals surface area contributed by atoms with Crippen molar-refractivity contribution in [1.82, 2.24) is 0 Å². The molecule has 13 heavy (non-hydrogen) atoms. The van der Waals surface area contributed by atoms with Gasteiger partial charge < -0.3 is 4.90 Å². The minimum atomic E-state index is 0.634. The lowest BCUT2D eigenvalue weighted by atomic mass is 10.1. The van der Waals surface area contributed by atoms with E-state index in [4.69, 9.17) is 12.2 Å². The molecule has 0 unspecified atom stereocenters. The van der Waals surface area contributed by atoms with Gasteiger partial charge >= 0.3 is 0 Å². The number of fused-ring (bicyclic) bond motifs is 3. The molecular formula is C10H9NS2. The molecule has 3 heteroatoms. The molecule has 1 saturated heterocycles. The van der Waals surface area contributed by atoms with E-state index in [0.717, 1.165) is 10.1 Å². The highest BCUT2D eigenvalue weighted by Crippen LogP contribution is 2.39. The Hall–Kier alpha value is -0.540. The molecule has 1 nitrogen and oxygen atoms in total. The van der Waals surface area contributed by atoms with Crippen molar-refractivity contribution < 1.29 is 0 Å². The second-order valence-electron chi connectivity index (χ2n) is 3.43. The van der Waals surface area contributed by atoms with Crippen LogP contribution >= 0.6 is 24.0 Å².